The third kappa shape index (κ3) is 4.20. The Balaban J connectivity index is 1.29. The molecule has 1 amide bonds. The molecule has 0 saturated heterocycles. The average Bonchev–Trinajstić information content (AvgIpc) is 3.55. The van der Waals surface area contributed by atoms with E-state index in [2.05, 4.69) is 15.8 Å². The van der Waals surface area contributed by atoms with Crippen molar-refractivity contribution in [3.05, 3.63) is 84.6 Å². The number of nitrogens with zero attached hydrogens (tertiary/aromatic N) is 1. The lowest BCUT2D eigenvalue weighted by molar-refractivity contribution is -0.118. The first-order valence-electron chi connectivity index (χ1n) is 11.0. The number of rotatable bonds is 8. The standard InChI is InChI=1S/C27H25N3O4/c1-32-22-13-8-18(16-24(22)33-2)23-17-25(30-34-23)27(14-15-27)26(31)29-21-11-9-20(10-12-21)28-19-6-4-3-5-7-19/h3-13,16-17,28H,14-15H2,1-2H3,(H,29,31). The summed E-state index contributed by atoms with van der Waals surface area (Å²) >= 11 is 0. The molecule has 1 fully saturated rings. The van der Waals surface area contributed by atoms with E-state index in [0.717, 1.165) is 35.5 Å². The van der Waals surface area contributed by atoms with Crippen molar-refractivity contribution >= 4 is 23.0 Å². The van der Waals surface area contributed by atoms with Crippen molar-refractivity contribution in [2.75, 3.05) is 24.9 Å². The van der Waals surface area contributed by atoms with Gasteiger partial charge in [-0.1, -0.05) is 23.4 Å². The van der Waals surface area contributed by atoms with Crippen LogP contribution in [0.5, 0.6) is 11.5 Å². The molecule has 0 atom stereocenters. The molecule has 5 rings (SSSR count). The van der Waals surface area contributed by atoms with E-state index >= 15 is 0 Å². The van der Waals surface area contributed by atoms with Crippen molar-refractivity contribution in [1.82, 2.24) is 5.16 Å². The van der Waals surface area contributed by atoms with Gasteiger partial charge in [0, 0.05) is 28.7 Å². The Labute approximate surface area is 197 Å². The third-order valence-corrected chi connectivity index (χ3v) is 6.06. The lowest BCUT2D eigenvalue weighted by atomic mass is 10.00. The number of benzene rings is 3. The summed E-state index contributed by atoms with van der Waals surface area (Å²) in [5, 5.41) is 10.6. The van der Waals surface area contributed by atoms with Gasteiger partial charge in [0.25, 0.3) is 0 Å². The van der Waals surface area contributed by atoms with Gasteiger partial charge in [0.05, 0.1) is 25.3 Å². The number of amides is 1. The highest BCUT2D eigenvalue weighted by Crippen LogP contribution is 2.49. The summed E-state index contributed by atoms with van der Waals surface area (Å²) in [5.74, 6) is 1.73. The number of anilines is 3. The Morgan fingerprint density at radius 3 is 2.21 bits per heavy atom. The predicted molar refractivity (Wildman–Crippen MR) is 131 cm³/mol. The summed E-state index contributed by atoms with van der Waals surface area (Å²) in [6.07, 6.45) is 1.45. The van der Waals surface area contributed by atoms with E-state index in [1.165, 1.54) is 0 Å². The average molecular weight is 456 g/mol. The third-order valence-electron chi connectivity index (χ3n) is 6.06. The Kier molecular flexibility index (Phi) is 5.67. The van der Waals surface area contributed by atoms with E-state index in [4.69, 9.17) is 14.0 Å². The lowest BCUT2D eigenvalue weighted by Gasteiger charge is -2.13. The van der Waals surface area contributed by atoms with Crippen LogP contribution in [0.4, 0.5) is 17.1 Å². The summed E-state index contributed by atoms with van der Waals surface area (Å²) in [4.78, 5) is 13.2. The molecule has 7 heteroatoms. The second-order valence-electron chi connectivity index (χ2n) is 8.25. The fourth-order valence-corrected chi connectivity index (χ4v) is 3.93. The monoisotopic (exact) mass is 455 g/mol. The molecule has 172 valence electrons. The zero-order chi connectivity index (χ0) is 23.5. The maximum atomic E-state index is 13.2. The zero-order valence-electron chi connectivity index (χ0n) is 19.0. The Morgan fingerprint density at radius 2 is 1.53 bits per heavy atom. The van der Waals surface area contributed by atoms with Gasteiger partial charge in [-0.25, -0.2) is 0 Å². The van der Waals surface area contributed by atoms with Gasteiger partial charge >= 0.3 is 0 Å². The molecule has 1 saturated carbocycles. The van der Waals surface area contributed by atoms with Crippen LogP contribution in [0, 0.1) is 0 Å². The fraction of sp³-hybridized carbons (Fsp3) is 0.185. The molecule has 1 heterocycles. The van der Waals surface area contributed by atoms with Gasteiger partial charge in [0.2, 0.25) is 5.91 Å². The summed E-state index contributed by atoms with van der Waals surface area (Å²) in [5.41, 5.74) is 3.46. The maximum Gasteiger partial charge on any atom is 0.236 e. The first kappa shape index (κ1) is 21.6. The van der Waals surface area contributed by atoms with Gasteiger partial charge in [-0.05, 0) is 67.4 Å². The number of carbonyl (C=O) groups is 1. The molecule has 1 aliphatic carbocycles. The molecule has 1 aromatic heterocycles. The molecule has 34 heavy (non-hydrogen) atoms. The minimum absolute atomic E-state index is 0.0802. The van der Waals surface area contributed by atoms with Crippen LogP contribution in [-0.2, 0) is 10.2 Å². The molecule has 0 unspecified atom stereocenters. The van der Waals surface area contributed by atoms with Gasteiger partial charge < -0.3 is 24.6 Å². The summed E-state index contributed by atoms with van der Waals surface area (Å²) in [6.45, 7) is 0. The Bertz CT molecular complexity index is 1300. The van der Waals surface area contributed by atoms with Crippen LogP contribution in [0.15, 0.2) is 83.4 Å². The van der Waals surface area contributed by atoms with Crippen LogP contribution in [-0.4, -0.2) is 25.3 Å². The molecule has 4 aromatic rings. The van der Waals surface area contributed by atoms with E-state index in [9.17, 15) is 4.79 Å². The number of hydrogen-bond donors (Lipinski definition) is 2. The van der Waals surface area contributed by atoms with Crippen LogP contribution in [0.1, 0.15) is 18.5 Å². The van der Waals surface area contributed by atoms with Gasteiger partial charge in [0.15, 0.2) is 17.3 Å². The van der Waals surface area contributed by atoms with E-state index in [0.29, 0.717) is 23.0 Å². The van der Waals surface area contributed by atoms with Crippen molar-refractivity contribution in [3.63, 3.8) is 0 Å². The topological polar surface area (TPSA) is 85.6 Å². The van der Waals surface area contributed by atoms with Gasteiger partial charge in [-0.2, -0.15) is 0 Å². The highest BCUT2D eigenvalue weighted by atomic mass is 16.5. The zero-order valence-corrected chi connectivity index (χ0v) is 19.0. The van der Waals surface area contributed by atoms with Crippen molar-refractivity contribution in [2.45, 2.75) is 18.3 Å². The number of methoxy groups -OCH3 is 2. The van der Waals surface area contributed by atoms with Crippen LogP contribution in [0.25, 0.3) is 11.3 Å². The molecule has 0 radical (unpaired) electrons. The van der Waals surface area contributed by atoms with E-state index in [1.807, 2.05) is 78.9 Å². The minimum atomic E-state index is -0.667. The largest absolute Gasteiger partial charge is 0.493 e. The summed E-state index contributed by atoms with van der Waals surface area (Å²) in [7, 11) is 3.17. The first-order chi connectivity index (χ1) is 16.6. The summed E-state index contributed by atoms with van der Waals surface area (Å²) in [6, 6.07) is 24.9. The van der Waals surface area contributed by atoms with Crippen molar-refractivity contribution in [2.24, 2.45) is 0 Å². The fourth-order valence-electron chi connectivity index (χ4n) is 3.93. The van der Waals surface area contributed by atoms with Crippen LogP contribution in [0.3, 0.4) is 0 Å². The van der Waals surface area contributed by atoms with E-state index in [-0.39, 0.29) is 5.91 Å². The smallest absolute Gasteiger partial charge is 0.236 e. The van der Waals surface area contributed by atoms with Gasteiger partial charge in [-0.3, -0.25) is 4.79 Å². The number of para-hydroxylation sites is 1. The molecule has 7 nitrogen and oxygen atoms in total. The molecule has 1 aliphatic rings. The molecular weight excluding hydrogens is 430 g/mol. The molecular formula is C27H25N3O4. The number of aromatic nitrogens is 1. The number of carbonyl (C=O) groups excluding carboxylic acids is 1. The van der Waals surface area contributed by atoms with Crippen LogP contribution < -0.4 is 20.1 Å². The molecule has 0 aliphatic heterocycles. The number of ether oxygens (including phenoxy) is 2. The lowest BCUT2D eigenvalue weighted by Crippen LogP contribution is -2.28. The summed E-state index contributed by atoms with van der Waals surface area (Å²) < 4.78 is 16.3. The number of nitrogens with one attached hydrogen (secondary N) is 2. The van der Waals surface area contributed by atoms with Crippen LogP contribution >= 0.6 is 0 Å². The van der Waals surface area contributed by atoms with Crippen LogP contribution in [0.2, 0.25) is 0 Å². The SMILES string of the molecule is COc1ccc(-c2cc(C3(C(=O)Nc4ccc(Nc5ccccc5)cc4)CC3)no2)cc1OC. The highest BCUT2D eigenvalue weighted by Gasteiger charge is 2.53. The van der Waals surface area contributed by atoms with Crippen molar-refractivity contribution < 1.29 is 18.8 Å². The highest BCUT2D eigenvalue weighted by molar-refractivity contribution is 6.01. The molecule has 0 spiro atoms. The van der Waals surface area contributed by atoms with Gasteiger partial charge in [0.1, 0.15) is 0 Å². The second-order valence-corrected chi connectivity index (χ2v) is 8.25. The molecule has 3 aromatic carbocycles. The predicted octanol–water partition coefficient (Wildman–Crippen LogP) is 5.77. The second kappa shape index (κ2) is 8.94. The van der Waals surface area contributed by atoms with Crippen molar-refractivity contribution in [1.29, 1.82) is 0 Å². The first-order valence-corrected chi connectivity index (χ1v) is 11.0. The number of hydrogen-bond acceptors (Lipinski definition) is 6. The molecule has 0 bridgehead atoms. The van der Waals surface area contributed by atoms with E-state index in [1.54, 1.807) is 14.2 Å². The quantitative estimate of drug-likeness (QED) is 0.351. The molecule has 2 N–H and O–H groups in total. The normalized spacial score (nSPS) is 13.7. The maximum absolute atomic E-state index is 13.2. The Hall–Kier alpha value is -4.26. The van der Waals surface area contributed by atoms with Crippen molar-refractivity contribution in [3.8, 4) is 22.8 Å². The van der Waals surface area contributed by atoms with E-state index < -0.39 is 5.41 Å². The van der Waals surface area contributed by atoms with Gasteiger partial charge in [-0.15, -0.1) is 0 Å². The minimum Gasteiger partial charge on any atom is -0.493 e. The Morgan fingerprint density at radius 1 is 0.853 bits per heavy atom.